The number of hydrogen-bond donors (Lipinski definition) is 2. The van der Waals surface area contributed by atoms with Crippen molar-refractivity contribution >= 4 is 29.7 Å². The molecule has 26 heavy (non-hydrogen) atoms. The molecule has 0 aliphatic heterocycles. The Hall–Kier alpha value is -1.76. The molecule has 1 heterocycles. The van der Waals surface area contributed by atoms with E-state index in [0.717, 1.165) is 12.1 Å². The molecule has 0 spiro atoms. The van der Waals surface area contributed by atoms with Gasteiger partial charge in [0.15, 0.2) is 18.1 Å². The molecule has 2 aromatic rings. The summed E-state index contributed by atoms with van der Waals surface area (Å²) in [6.07, 6.45) is 0. The second-order valence-corrected chi connectivity index (χ2v) is 7.75. The summed E-state index contributed by atoms with van der Waals surface area (Å²) in [6.45, 7) is 7.19. The quantitative estimate of drug-likeness (QED) is 0.710. The maximum absolute atomic E-state index is 12.0. The van der Waals surface area contributed by atoms with Gasteiger partial charge in [-0.15, -0.1) is 23.7 Å². The number of benzene rings is 1. The van der Waals surface area contributed by atoms with Crippen molar-refractivity contribution < 1.29 is 14.3 Å². The molecule has 0 aliphatic rings. The average Bonchev–Trinajstić information content (AvgIpc) is 3.05. The van der Waals surface area contributed by atoms with Gasteiger partial charge in [0.05, 0.1) is 7.11 Å². The van der Waals surface area contributed by atoms with E-state index in [1.54, 1.807) is 18.4 Å². The first-order valence-corrected chi connectivity index (χ1v) is 9.10. The smallest absolute Gasteiger partial charge is 0.258 e. The van der Waals surface area contributed by atoms with Crippen LogP contribution in [0.4, 0.5) is 0 Å². The van der Waals surface area contributed by atoms with Gasteiger partial charge in [-0.3, -0.25) is 4.79 Å². The number of thiophene rings is 1. The number of methoxy groups -OCH3 is 1. The highest BCUT2D eigenvalue weighted by molar-refractivity contribution is 7.09. The normalized spacial score (nSPS) is 10.8. The fourth-order valence-corrected chi connectivity index (χ4v) is 3.03. The van der Waals surface area contributed by atoms with E-state index in [-0.39, 0.29) is 30.5 Å². The molecule has 0 bridgehead atoms. The van der Waals surface area contributed by atoms with E-state index in [4.69, 9.17) is 9.47 Å². The Kier molecular flexibility index (Phi) is 8.92. The van der Waals surface area contributed by atoms with Crippen molar-refractivity contribution in [2.24, 2.45) is 0 Å². The van der Waals surface area contributed by atoms with Crippen LogP contribution in [0.2, 0.25) is 0 Å². The first-order valence-electron chi connectivity index (χ1n) is 8.22. The Bertz CT molecular complexity index is 685. The molecule has 0 aliphatic carbocycles. The van der Waals surface area contributed by atoms with Crippen LogP contribution < -0.4 is 20.1 Å². The van der Waals surface area contributed by atoms with Crippen LogP contribution in [0.3, 0.4) is 0 Å². The van der Waals surface area contributed by atoms with Gasteiger partial charge in [0.1, 0.15) is 0 Å². The largest absolute Gasteiger partial charge is 0.493 e. The highest BCUT2D eigenvalue weighted by atomic mass is 35.5. The van der Waals surface area contributed by atoms with Gasteiger partial charge in [0.25, 0.3) is 5.91 Å². The molecule has 0 fully saturated rings. The Labute approximate surface area is 165 Å². The lowest BCUT2D eigenvalue weighted by Crippen LogP contribution is -2.43. The monoisotopic (exact) mass is 398 g/mol. The minimum atomic E-state index is -0.285. The topological polar surface area (TPSA) is 59.6 Å². The van der Waals surface area contributed by atoms with Crippen molar-refractivity contribution in [3.63, 3.8) is 0 Å². The highest BCUT2D eigenvalue weighted by Gasteiger charge is 2.16. The summed E-state index contributed by atoms with van der Waals surface area (Å²) in [5.74, 6) is 1.07. The lowest BCUT2D eigenvalue weighted by molar-refractivity contribution is -0.124. The number of halogens is 1. The van der Waals surface area contributed by atoms with Crippen LogP contribution in [-0.4, -0.2) is 25.2 Å². The van der Waals surface area contributed by atoms with E-state index >= 15 is 0 Å². The van der Waals surface area contributed by atoms with E-state index in [1.165, 1.54) is 4.88 Å². The minimum absolute atomic E-state index is 0. The summed E-state index contributed by atoms with van der Waals surface area (Å²) < 4.78 is 11.2. The molecule has 1 aromatic carbocycles. The van der Waals surface area contributed by atoms with Crippen molar-refractivity contribution in [3.05, 3.63) is 46.2 Å². The predicted molar refractivity (Wildman–Crippen MR) is 108 cm³/mol. The fraction of sp³-hybridized carbons (Fsp3) is 0.421. The molecule has 1 aromatic heterocycles. The van der Waals surface area contributed by atoms with Gasteiger partial charge in [-0.25, -0.2) is 0 Å². The first-order chi connectivity index (χ1) is 11.9. The lowest BCUT2D eigenvalue weighted by atomic mass is 10.1. The fourth-order valence-electron chi connectivity index (χ4n) is 2.35. The van der Waals surface area contributed by atoms with Crippen LogP contribution in [0, 0.1) is 0 Å². The third-order valence-corrected chi connectivity index (χ3v) is 4.21. The van der Waals surface area contributed by atoms with E-state index in [0.29, 0.717) is 18.0 Å². The van der Waals surface area contributed by atoms with Crippen molar-refractivity contribution in [2.75, 3.05) is 13.7 Å². The number of rotatable bonds is 8. The van der Waals surface area contributed by atoms with Gasteiger partial charge in [-0.2, -0.15) is 0 Å². The molecule has 0 saturated carbocycles. The second-order valence-electron chi connectivity index (χ2n) is 6.72. The second kappa shape index (κ2) is 10.4. The zero-order valence-corrected chi connectivity index (χ0v) is 17.3. The number of para-hydroxylation sites is 1. The molecule has 5 nitrogen and oxygen atoms in total. The van der Waals surface area contributed by atoms with E-state index < -0.39 is 0 Å². The van der Waals surface area contributed by atoms with Crippen LogP contribution in [0.15, 0.2) is 35.7 Å². The minimum Gasteiger partial charge on any atom is -0.493 e. The molecule has 0 radical (unpaired) electrons. The number of hydrogen-bond acceptors (Lipinski definition) is 5. The van der Waals surface area contributed by atoms with E-state index in [1.807, 2.05) is 45.0 Å². The third-order valence-electron chi connectivity index (χ3n) is 3.34. The van der Waals surface area contributed by atoms with Gasteiger partial charge < -0.3 is 20.1 Å². The van der Waals surface area contributed by atoms with Crippen LogP contribution in [-0.2, 0) is 17.9 Å². The molecule has 2 N–H and O–H groups in total. The molecule has 2 rings (SSSR count). The average molecular weight is 399 g/mol. The summed E-state index contributed by atoms with van der Waals surface area (Å²) >= 11 is 1.72. The van der Waals surface area contributed by atoms with Gasteiger partial charge in [-0.1, -0.05) is 18.2 Å². The summed E-state index contributed by atoms with van der Waals surface area (Å²) in [6, 6.07) is 9.86. The van der Waals surface area contributed by atoms with E-state index in [9.17, 15) is 4.79 Å². The van der Waals surface area contributed by atoms with Crippen LogP contribution in [0.1, 0.15) is 31.2 Å². The molecule has 0 unspecified atom stereocenters. The van der Waals surface area contributed by atoms with E-state index in [2.05, 4.69) is 22.1 Å². The van der Waals surface area contributed by atoms with Crippen molar-refractivity contribution in [3.8, 4) is 11.5 Å². The summed E-state index contributed by atoms with van der Waals surface area (Å²) in [4.78, 5) is 13.3. The van der Waals surface area contributed by atoms with Gasteiger partial charge in [0, 0.05) is 29.1 Å². The molecular formula is C19H27ClN2O3S. The Morgan fingerprint density at radius 3 is 2.54 bits per heavy atom. The molecule has 0 atom stereocenters. The summed E-state index contributed by atoms with van der Waals surface area (Å²) in [5.41, 5.74) is 0.672. The number of carbonyl (C=O) groups excluding carboxylic acids is 1. The molecule has 7 heteroatoms. The maximum Gasteiger partial charge on any atom is 0.258 e. The summed E-state index contributed by atoms with van der Waals surface area (Å²) in [5, 5.41) is 8.35. The number of ether oxygens (including phenoxy) is 2. The Morgan fingerprint density at radius 2 is 1.92 bits per heavy atom. The van der Waals surface area contributed by atoms with Crippen molar-refractivity contribution in [2.45, 2.75) is 39.4 Å². The maximum atomic E-state index is 12.0. The zero-order chi connectivity index (χ0) is 18.3. The van der Waals surface area contributed by atoms with Crippen molar-refractivity contribution in [1.82, 2.24) is 10.6 Å². The number of nitrogens with one attached hydrogen (secondary N) is 2. The first kappa shape index (κ1) is 22.3. The van der Waals surface area contributed by atoms with Crippen molar-refractivity contribution in [1.29, 1.82) is 0 Å². The van der Waals surface area contributed by atoms with Gasteiger partial charge in [-0.05, 0) is 38.3 Å². The highest BCUT2D eigenvalue weighted by Crippen LogP contribution is 2.31. The Morgan fingerprint density at radius 1 is 1.15 bits per heavy atom. The molecular weight excluding hydrogens is 372 g/mol. The standard InChI is InChI=1S/C19H26N2O3S.ClH/c1-19(2,3)21-17(22)13-24-18-14(7-5-9-16(18)23-4)11-20-12-15-8-6-10-25-15;/h5-10,20H,11-13H2,1-4H3,(H,21,22);1H. The lowest BCUT2D eigenvalue weighted by Gasteiger charge is -2.21. The van der Waals surface area contributed by atoms with Gasteiger partial charge in [0.2, 0.25) is 0 Å². The van der Waals surface area contributed by atoms with Crippen LogP contribution >= 0.6 is 23.7 Å². The Balaban J connectivity index is 0.00000338. The molecule has 0 saturated heterocycles. The number of carbonyl (C=O) groups is 1. The predicted octanol–water partition coefficient (Wildman–Crippen LogP) is 3.76. The number of amides is 1. The summed E-state index contributed by atoms with van der Waals surface area (Å²) in [7, 11) is 1.60. The van der Waals surface area contributed by atoms with Gasteiger partial charge >= 0.3 is 0 Å². The molecule has 1 amide bonds. The SMILES string of the molecule is COc1cccc(CNCc2cccs2)c1OCC(=O)NC(C)(C)C.Cl. The zero-order valence-electron chi connectivity index (χ0n) is 15.6. The molecule has 144 valence electrons. The van der Waals surface area contributed by atoms with Crippen LogP contribution in [0.25, 0.3) is 0 Å². The van der Waals surface area contributed by atoms with Crippen LogP contribution in [0.5, 0.6) is 11.5 Å². The third kappa shape index (κ3) is 7.23.